The largest absolute Gasteiger partial charge is 0.390 e. The first kappa shape index (κ1) is 16.4. The van der Waals surface area contributed by atoms with Crippen LogP contribution in [-0.4, -0.2) is 51.2 Å². The fraction of sp³-hybridized carbons (Fsp3) is 0.538. The zero-order chi connectivity index (χ0) is 15.9. The van der Waals surface area contributed by atoms with Crippen LogP contribution in [0.1, 0.15) is 19.8 Å². The molecule has 1 saturated heterocycles. The Balaban J connectivity index is 2.25. The molecule has 1 aromatic rings. The zero-order valence-electron chi connectivity index (χ0n) is 12.0. The third-order valence-corrected chi connectivity index (χ3v) is 6.73. The third kappa shape index (κ3) is 3.63. The lowest BCUT2D eigenvalue weighted by Gasteiger charge is -2.34. The molecular formula is C13H19NO5S2. The summed E-state index contributed by atoms with van der Waals surface area (Å²) < 4.78 is 49.0. The van der Waals surface area contributed by atoms with E-state index >= 15 is 0 Å². The van der Waals surface area contributed by atoms with Crippen molar-refractivity contribution in [2.75, 3.05) is 19.3 Å². The first-order chi connectivity index (χ1) is 9.52. The summed E-state index contributed by atoms with van der Waals surface area (Å²) in [4.78, 5) is 0.152. The van der Waals surface area contributed by atoms with Gasteiger partial charge in [0.25, 0.3) is 0 Å². The Hall–Kier alpha value is -0.960. The summed E-state index contributed by atoms with van der Waals surface area (Å²) in [6, 6.07) is 5.20. The second kappa shape index (κ2) is 5.35. The number of hydrogen-bond donors (Lipinski definition) is 1. The number of aliphatic hydroxyl groups is 1. The Morgan fingerprint density at radius 3 is 1.86 bits per heavy atom. The minimum atomic E-state index is -3.65. The smallest absolute Gasteiger partial charge is 0.243 e. The summed E-state index contributed by atoms with van der Waals surface area (Å²) in [5, 5.41) is 9.87. The van der Waals surface area contributed by atoms with Gasteiger partial charge in [0.2, 0.25) is 10.0 Å². The highest BCUT2D eigenvalue weighted by molar-refractivity contribution is 7.90. The topological polar surface area (TPSA) is 91.8 Å². The van der Waals surface area contributed by atoms with Gasteiger partial charge < -0.3 is 5.11 Å². The molecule has 0 amide bonds. The van der Waals surface area contributed by atoms with Gasteiger partial charge in [0.1, 0.15) is 0 Å². The summed E-state index contributed by atoms with van der Waals surface area (Å²) in [6.07, 6.45) is 1.84. The van der Waals surface area contributed by atoms with Crippen molar-refractivity contribution in [2.45, 2.75) is 35.2 Å². The summed E-state index contributed by atoms with van der Waals surface area (Å²) in [5.74, 6) is 0. The monoisotopic (exact) mass is 333 g/mol. The molecule has 118 valence electrons. The van der Waals surface area contributed by atoms with Gasteiger partial charge in [0.15, 0.2) is 9.84 Å². The predicted octanol–water partition coefficient (Wildman–Crippen LogP) is 0.626. The third-order valence-electron chi connectivity index (χ3n) is 3.69. The Kier molecular flexibility index (Phi) is 4.18. The number of rotatable bonds is 3. The summed E-state index contributed by atoms with van der Waals surface area (Å²) in [7, 11) is -6.99. The van der Waals surface area contributed by atoms with Crippen molar-refractivity contribution in [3.63, 3.8) is 0 Å². The number of sulfonamides is 1. The van der Waals surface area contributed by atoms with Crippen molar-refractivity contribution in [2.24, 2.45) is 0 Å². The van der Waals surface area contributed by atoms with Crippen LogP contribution >= 0.6 is 0 Å². The van der Waals surface area contributed by atoms with Crippen molar-refractivity contribution in [1.82, 2.24) is 4.31 Å². The van der Waals surface area contributed by atoms with Crippen LogP contribution in [0.5, 0.6) is 0 Å². The van der Waals surface area contributed by atoms with E-state index in [2.05, 4.69) is 0 Å². The van der Waals surface area contributed by atoms with Gasteiger partial charge in [-0.1, -0.05) is 0 Å². The van der Waals surface area contributed by atoms with Gasteiger partial charge in [-0.15, -0.1) is 0 Å². The Morgan fingerprint density at radius 2 is 1.43 bits per heavy atom. The molecule has 0 unspecified atom stereocenters. The van der Waals surface area contributed by atoms with Crippen molar-refractivity contribution < 1.29 is 21.9 Å². The summed E-state index contributed by atoms with van der Waals surface area (Å²) in [5.41, 5.74) is -0.827. The SMILES string of the molecule is CC1(O)CCN(S(=O)(=O)c2ccc(S(C)(=O)=O)cc2)CC1. The van der Waals surface area contributed by atoms with Gasteiger partial charge in [-0.3, -0.25) is 0 Å². The van der Waals surface area contributed by atoms with Crippen LogP contribution in [0, 0.1) is 0 Å². The van der Waals surface area contributed by atoms with Crippen molar-refractivity contribution in [1.29, 1.82) is 0 Å². The lowest BCUT2D eigenvalue weighted by atomic mass is 9.95. The van der Waals surface area contributed by atoms with Gasteiger partial charge in [-0.25, -0.2) is 16.8 Å². The maximum absolute atomic E-state index is 12.5. The van der Waals surface area contributed by atoms with E-state index in [4.69, 9.17) is 0 Å². The van der Waals surface area contributed by atoms with E-state index in [0.717, 1.165) is 6.26 Å². The second-order valence-electron chi connectivity index (χ2n) is 5.64. The molecule has 1 N–H and O–H groups in total. The molecule has 21 heavy (non-hydrogen) atoms. The number of hydrogen-bond acceptors (Lipinski definition) is 5. The van der Waals surface area contributed by atoms with Gasteiger partial charge in [0.05, 0.1) is 15.4 Å². The zero-order valence-corrected chi connectivity index (χ0v) is 13.6. The van der Waals surface area contributed by atoms with Gasteiger partial charge in [-0.05, 0) is 44.0 Å². The van der Waals surface area contributed by atoms with E-state index in [-0.39, 0.29) is 22.9 Å². The Labute approximate surface area is 125 Å². The summed E-state index contributed by atoms with van der Waals surface area (Å²) >= 11 is 0. The number of nitrogens with zero attached hydrogens (tertiary/aromatic N) is 1. The minimum absolute atomic E-state index is 0.0662. The van der Waals surface area contributed by atoms with Crippen LogP contribution in [0.15, 0.2) is 34.1 Å². The van der Waals surface area contributed by atoms with E-state index in [1.165, 1.54) is 28.6 Å². The molecule has 1 heterocycles. The maximum atomic E-state index is 12.5. The highest BCUT2D eigenvalue weighted by atomic mass is 32.2. The molecule has 1 aliphatic heterocycles. The average molecular weight is 333 g/mol. The van der Waals surface area contributed by atoms with Crippen LogP contribution < -0.4 is 0 Å². The van der Waals surface area contributed by atoms with E-state index < -0.39 is 25.5 Å². The van der Waals surface area contributed by atoms with Crippen LogP contribution in [0.25, 0.3) is 0 Å². The molecule has 0 spiro atoms. The fourth-order valence-corrected chi connectivity index (χ4v) is 4.29. The molecule has 6 nitrogen and oxygen atoms in total. The van der Waals surface area contributed by atoms with Crippen molar-refractivity contribution in [3.8, 4) is 0 Å². The first-order valence-corrected chi connectivity index (χ1v) is 9.88. The molecule has 0 saturated carbocycles. The maximum Gasteiger partial charge on any atom is 0.243 e. The van der Waals surface area contributed by atoms with E-state index in [1.807, 2.05) is 0 Å². The van der Waals surface area contributed by atoms with E-state index in [0.29, 0.717) is 12.8 Å². The average Bonchev–Trinajstić information content (AvgIpc) is 2.37. The lowest BCUT2D eigenvalue weighted by molar-refractivity contribution is 0.0126. The minimum Gasteiger partial charge on any atom is -0.390 e. The van der Waals surface area contributed by atoms with E-state index in [1.54, 1.807) is 6.92 Å². The highest BCUT2D eigenvalue weighted by Crippen LogP contribution is 2.26. The van der Waals surface area contributed by atoms with Crippen molar-refractivity contribution in [3.05, 3.63) is 24.3 Å². The molecule has 0 aromatic heterocycles. The second-order valence-corrected chi connectivity index (χ2v) is 9.60. The fourth-order valence-electron chi connectivity index (χ4n) is 2.22. The highest BCUT2D eigenvalue weighted by Gasteiger charge is 2.33. The Morgan fingerprint density at radius 1 is 1.00 bits per heavy atom. The van der Waals surface area contributed by atoms with Gasteiger partial charge >= 0.3 is 0 Å². The molecular weight excluding hydrogens is 314 g/mol. The predicted molar refractivity (Wildman–Crippen MR) is 78.2 cm³/mol. The number of sulfone groups is 1. The summed E-state index contributed by atoms with van der Waals surface area (Å²) in [6.45, 7) is 2.20. The van der Waals surface area contributed by atoms with Crippen LogP contribution in [0.3, 0.4) is 0 Å². The van der Waals surface area contributed by atoms with Gasteiger partial charge in [0, 0.05) is 19.3 Å². The number of benzene rings is 1. The molecule has 0 aliphatic carbocycles. The quantitative estimate of drug-likeness (QED) is 0.876. The first-order valence-electron chi connectivity index (χ1n) is 6.55. The standard InChI is InChI=1S/C13H19NO5S2/c1-13(15)7-9-14(10-8-13)21(18,19)12-5-3-11(4-6-12)20(2,16)17/h3-6,15H,7-10H2,1-2H3. The molecule has 0 bridgehead atoms. The van der Waals surface area contributed by atoms with E-state index in [9.17, 15) is 21.9 Å². The molecule has 2 rings (SSSR count). The van der Waals surface area contributed by atoms with Crippen molar-refractivity contribution >= 4 is 19.9 Å². The molecule has 8 heteroatoms. The molecule has 1 fully saturated rings. The number of piperidine rings is 1. The Bertz CT molecular complexity index is 710. The molecule has 0 atom stereocenters. The van der Waals surface area contributed by atoms with Crippen LogP contribution in [0.2, 0.25) is 0 Å². The molecule has 1 aliphatic rings. The molecule has 0 radical (unpaired) electrons. The van der Waals surface area contributed by atoms with Gasteiger partial charge in [-0.2, -0.15) is 4.31 Å². The molecule has 1 aromatic carbocycles. The van der Waals surface area contributed by atoms with Crippen LogP contribution in [0.4, 0.5) is 0 Å². The van der Waals surface area contributed by atoms with Crippen LogP contribution in [-0.2, 0) is 19.9 Å². The lowest BCUT2D eigenvalue weighted by Crippen LogP contribution is -2.45. The normalized spacial score (nSPS) is 20.3.